The number of piperidine rings is 1. The zero-order valence-corrected chi connectivity index (χ0v) is 14.6. The molecule has 1 saturated heterocycles. The number of halogens is 1. The fraction of sp³-hybridized carbons (Fsp3) is 0.875. The van der Waals surface area contributed by atoms with Crippen LogP contribution in [0.2, 0.25) is 0 Å². The van der Waals surface area contributed by atoms with Gasteiger partial charge in [-0.15, -0.1) is 12.4 Å². The van der Waals surface area contributed by atoms with Crippen molar-refractivity contribution in [2.45, 2.75) is 64.0 Å². The number of hydrogen-bond donors (Lipinski definition) is 2. The van der Waals surface area contributed by atoms with E-state index in [-0.39, 0.29) is 36.2 Å². The van der Waals surface area contributed by atoms with Crippen molar-refractivity contribution in [3.05, 3.63) is 0 Å². The van der Waals surface area contributed by atoms with Crippen LogP contribution in [0.4, 0.5) is 0 Å². The van der Waals surface area contributed by atoms with Gasteiger partial charge in [0.25, 0.3) is 0 Å². The molecule has 2 amide bonds. The molecule has 1 unspecified atom stereocenters. The van der Waals surface area contributed by atoms with Gasteiger partial charge in [-0.05, 0) is 45.7 Å². The summed E-state index contributed by atoms with van der Waals surface area (Å²) < 4.78 is 0. The first-order valence-corrected chi connectivity index (χ1v) is 8.34. The molecule has 1 heterocycles. The van der Waals surface area contributed by atoms with Crippen molar-refractivity contribution in [2.75, 3.05) is 20.1 Å². The van der Waals surface area contributed by atoms with Crippen LogP contribution in [0.25, 0.3) is 0 Å². The fourth-order valence-electron chi connectivity index (χ4n) is 3.40. The van der Waals surface area contributed by atoms with E-state index in [0.29, 0.717) is 12.5 Å². The van der Waals surface area contributed by atoms with Gasteiger partial charge in [-0.1, -0.05) is 12.8 Å². The van der Waals surface area contributed by atoms with Gasteiger partial charge in [-0.2, -0.15) is 0 Å². The van der Waals surface area contributed by atoms with Crippen LogP contribution >= 0.6 is 12.4 Å². The number of nitrogens with zero attached hydrogens (tertiary/aromatic N) is 1. The van der Waals surface area contributed by atoms with Crippen molar-refractivity contribution in [1.29, 1.82) is 0 Å². The predicted molar refractivity (Wildman–Crippen MR) is 90.1 cm³/mol. The second-order valence-corrected chi connectivity index (χ2v) is 6.58. The van der Waals surface area contributed by atoms with Crippen molar-refractivity contribution in [2.24, 2.45) is 5.92 Å². The van der Waals surface area contributed by atoms with E-state index in [9.17, 15) is 9.59 Å². The normalized spacial score (nSPS) is 21.0. The second-order valence-electron chi connectivity index (χ2n) is 6.58. The van der Waals surface area contributed by atoms with Gasteiger partial charge < -0.3 is 15.5 Å². The van der Waals surface area contributed by atoms with Gasteiger partial charge in [-0.25, -0.2) is 0 Å². The molecular formula is C16H30ClN3O2. The minimum absolute atomic E-state index is 0. The van der Waals surface area contributed by atoms with E-state index >= 15 is 0 Å². The molecule has 22 heavy (non-hydrogen) atoms. The minimum Gasteiger partial charge on any atom is -0.353 e. The summed E-state index contributed by atoms with van der Waals surface area (Å²) in [6, 6.07) is 0.270. The van der Waals surface area contributed by atoms with Crippen LogP contribution in [-0.4, -0.2) is 48.9 Å². The maximum Gasteiger partial charge on any atom is 0.224 e. The highest BCUT2D eigenvalue weighted by atomic mass is 35.5. The van der Waals surface area contributed by atoms with E-state index in [1.54, 1.807) is 0 Å². The van der Waals surface area contributed by atoms with Gasteiger partial charge in [-0.3, -0.25) is 9.59 Å². The van der Waals surface area contributed by atoms with Gasteiger partial charge in [0.15, 0.2) is 0 Å². The molecular weight excluding hydrogens is 302 g/mol. The maximum absolute atomic E-state index is 12.3. The molecule has 128 valence electrons. The molecule has 1 saturated carbocycles. The summed E-state index contributed by atoms with van der Waals surface area (Å²) >= 11 is 0. The maximum atomic E-state index is 12.3. The molecule has 2 N–H and O–H groups in total. The molecule has 6 heteroatoms. The van der Waals surface area contributed by atoms with Gasteiger partial charge >= 0.3 is 0 Å². The highest BCUT2D eigenvalue weighted by molar-refractivity contribution is 5.85. The number of nitrogens with one attached hydrogen (secondary N) is 2. The van der Waals surface area contributed by atoms with Crippen molar-refractivity contribution < 1.29 is 9.59 Å². The van der Waals surface area contributed by atoms with Gasteiger partial charge in [0, 0.05) is 31.5 Å². The Morgan fingerprint density at radius 3 is 2.36 bits per heavy atom. The Morgan fingerprint density at radius 1 is 1.18 bits per heavy atom. The summed E-state index contributed by atoms with van der Waals surface area (Å²) in [5.41, 5.74) is 0. The van der Waals surface area contributed by atoms with E-state index in [1.807, 2.05) is 18.9 Å². The Bertz CT molecular complexity index is 366. The zero-order valence-electron chi connectivity index (χ0n) is 13.8. The summed E-state index contributed by atoms with van der Waals surface area (Å²) in [5.74, 6) is 0.447. The van der Waals surface area contributed by atoms with Crippen LogP contribution < -0.4 is 10.6 Å². The molecule has 2 aliphatic rings. The Balaban J connectivity index is 0.00000242. The highest BCUT2D eigenvalue weighted by Gasteiger charge is 2.26. The lowest BCUT2D eigenvalue weighted by Gasteiger charge is -2.32. The second kappa shape index (κ2) is 9.36. The summed E-state index contributed by atoms with van der Waals surface area (Å²) in [7, 11) is 1.89. The van der Waals surface area contributed by atoms with E-state index in [2.05, 4.69) is 10.6 Å². The molecule has 2 rings (SSSR count). The Morgan fingerprint density at radius 2 is 1.77 bits per heavy atom. The Labute approximate surface area is 140 Å². The van der Waals surface area contributed by atoms with E-state index in [0.717, 1.165) is 51.6 Å². The van der Waals surface area contributed by atoms with E-state index in [1.165, 1.54) is 0 Å². The third-order valence-electron chi connectivity index (χ3n) is 4.85. The quantitative estimate of drug-likeness (QED) is 0.806. The van der Waals surface area contributed by atoms with Crippen LogP contribution in [0.15, 0.2) is 0 Å². The topological polar surface area (TPSA) is 61.4 Å². The molecule has 0 aromatic carbocycles. The molecule has 1 atom stereocenters. The lowest BCUT2D eigenvalue weighted by molar-refractivity contribution is -0.133. The summed E-state index contributed by atoms with van der Waals surface area (Å²) in [6.07, 6.45) is 6.76. The van der Waals surface area contributed by atoms with Crippen molar-refractivity contribution in [1.82, 2.24) is 15.5 Å². The standard InChI is InChI=1S/C16H29N3O2.ClH/c1-12(18-16(21)13-5-3-4-6-13)11-15(20)19(2)14-7-9-17-10-8-14;/h12-14,17H,3-11H2,1-2H3,(H,18,21);1H. The first-order chi connectivity index (χ1) is 10.1. The highest BCUT2D eigenvalue weighted by Crippen LogP contribution is 2.24. The van der Waals surface area contributed by atoms with Crippen molar-refractivity contribution >= 4 is 24.2 Å². The molecule has 2 fully saturated rings. The molecule has 0 aromatic rings. The average molecular weight is 332 g/mol. The number of carbonyl (C=O) groups is 2. The fourth-order valence-corrected chi connectivity index (χ4v) is 3.40. The molecule has 1 aliphatic carbocycles. The first kappa shape index (κ1) is 19.2. The number of rotatable bonds is 5. The molecule has 1 aliphatic heterocycles. The van der Waals surface area contributed by atoms with Crippen LogP contribution in [-0.2, 0) is 9.59 Å². The summed E-state index contributed by atoms with van der Waals surface area (Å²) in [5, 5.41) is 6.32. The average Bonchev–Trinajstić information content (AvgIpc) is 3.01. The van der Waals surface area contributed by atoms with Gasteiger partial charge in [0.2, 0.25) is 11.8 Å². The predicted octanol–water partition coefficient (Wildman–Crippen LogP) is 1.70. The number of amides is 2. The SMILES string of the molecule is CC(CC(=O)N(C)C1CCNCC1)NC(=O)C1CCCC1.Cl. The Hall–Kier alpha value is -0.810. The Kier molecular flexibility index (Phi) is 8.18. The van der Waals surface area contributed by atoms with Crippen LogP contribution in [0.5, 0.6) is 0 Å². The van der Waals surface area contributed by atoms with Crippen LogP contribution in [0.1, 0.15) is 51.9 Å². The summed E-state index contributed by atoms with van der Waals surface area (Å²) in [6.45, 7) is 3.90. The molecule has 5 nitrogen and oxygen atoms in total. The number of hydrogen-bond acceptors (Lipinski definition) is 3. The smallest absolute Gasteiger partial charge is 0.224 e. The minimum atomic E-state index is -0.0743. The largest absolute Gasteiger partial charge is 0.353 e. The first-order valence-electron chi connectivity index (χ1n) is 8.34. The van der Waals surface area contributed by atoms with Gasteiger partial charge in [0.05, 0.1) is 0 Å². The van der Waals surface area contributed by atoms with Crippen LogP contribution in [0.3, 0.4) is 0 Å². The van der Waals surface area contributed by atoms with Crippen LogP contribution in [0, 0.1) is 5.92 Å². The van der Waals surface area contributed by atoms with Gasteiger partial charge in [0.1, 0.15) is 0 Å². The molecule has 0 aromatic heterocycles. The van der Waals surface area contributed by atoms with E-state index in [4.69, 9.17) is 0 Å². The molecule has 0 bridgehead atoms. The summed E-state index contributed by atoms with van der Waals surface area (Å²) in [4.78, 5) is 26.2. The van der Waals surface area contributed by atoms with Crippen molar-refractivity contribution in [3.63, 3.8) is 0 Å². The zero-order chi connectivity index (χ0) is 15.2. The van der Waals surface area contributed by atoms with Crippen molar-refractivity contribution in [3.8, 4) is 0 Å². The monoisotopic (exact) mass is 331 g/mol. The molecule has 0 spiro atoms. The third kappa shape index (κ3) is 5.43. The third-order valence-corrected chi connectivity index (χ3v) is 4.85. The lowest BCUT2D eigenvalue weighted by Crippen LogP contribution is -2.46. The number of carbonyl (C=O) groups excluding carboxylic acids is 2. The molecule has 0 radical (unpaired) electrons. The lowest BCUT2D eigenvalue weighted by atomic mass is 10.0. The van der Waals surface area contributed by atoms with E-state index < -0.39 is 0 Å².